The number of rotatable bonds is 12. The van der Waals surface area contributed by atoms with Crippen LogP contribution in [-0.2, 0) is 18.4 Å². The molecule has 11 nitrogen and oxygen atoms in total. The van der Waals surface area contributed by atoms with E-state index in [0.29, 0.717) is 29.5 Å². The predicted molar refractivity (Wildman–Crippen MR) is 177 cm³/mol. The van der Waals surface area contributed by atoms with Crippen molar-refractivity contribution in [2.24, 2.45) is 0 Å². The molecule has 0 saturated heterocycles. The largest absolute Gasteiger partial charge is 0.488 e. The summed E-state index contributed by atoms with van der Waals surface area (Å²) in [7, 11) is -0.554. The topological polar surface area (TPSA) is 119 Å². The number of nitrogens with zero attached hydrogens (tertiary/aromatic N) is 2. The smallest absolute Gasteiger partial charge is 0.435 e. The molecule has 246 valence electrons. The van der Waals surface area contributed by atoms with Gasteiger partial charge in [0.1, 0.15) is 29.0 Å². The quantitative estimate of drug-likeness (QED) is 0.0878. The van der Waals surface area contributed by atoms with Gasteiger partial charge in [-0.1, -0.05) is 20.8 Å². The first kappa shape index (κ1) is 36.1. The van der Waals surface area contributed by atoms with Gasteiger partial charge in [-0.15, -0.1) is 5.10 Å². The monoisotopic (exact) mass is 659 g/mol. The number of amides is 1. The molecular formula is C32H45N3O8SSi. The lowest BCUT2D eigenvalue weighted by Gasteiger charge is -2.36. The van der Waals surface area contributed by atoms with Crippen LogP contribution in [0.1, 0.15) is 64.5 Å². The molecule has 2 aromatic carbocycles. The van der Waals surface area contributed by atoms with Gasteiger partial charge in [-0.2, -0.15) is 9.02 Å². The van der Waals surface area contributed by atoms with Crippen LogP contribution in [0, 0.1) is 6.92 Å². The summed E-state index contributed by atoms with van der Waals surface area (Å²) in [4.78, 5) is 31.5. The van der Waals surface area contributed by atoms with Crippen molar-refractivity contribution in [2.75, 3.05) is 19.0 Å². The first-order valence-corrected chi connectivity index (χ1v) is 18.2. The number of benzene rings is 2. The number of carbonyl (C=O) groups excluding carboxylic acids is 2. The molecule has 1 aromatic heterocycles. The molecule has 1 atom stereocenters. The minimum Gasteiger partial charge on any atom is -0.488 e. The van der Waals surface area contributed by atoms with Crippen molar-refractivity contribution >= 4 is 38.2 Å². The Balaban J connectivity index is 1.85. The third-order valence-corrected chi connectivity index (χ3v) is 12.1. The van der Waals surface area contributed by atoms with Crippen molar-refractivity contribution < 1.29 is 37.4 Å². The standard InChI is InChI=1S/C32H45N3O8SSi/c1-21-16-28(34-35(21)30(37)42-31(3,4)5)33-29(36)23-17-25(40-22(2)20-39-45(10,11)32(6,7)8)19-26(18-23)41-24-12-14-27(15-13-24)44-43-38-9/h12-19,22H,20H2,1-11H3,(H,33,34,36)/t22-/m0/s1. The van der Waals surface area contributed by atoms with Crippen LogP contribution in [0.4, 0.5) is 10.6 Å². The number of carbonyl (C=O) groups is 2. The highest BCUT2D eigenvalue weighted by Gasteiger charge is 2.37. The lowest BCUT2D eigenvalue weighted by atomic mass is 10.2. The van der Waals surface area contributed by atoms with Crippen molar-refractivity contribution in [1.82, 2.24) is 9.78 Å². The van der Waals surface area contributed by atoms with E-state index < -0.39 is 25.9 Å². The van der Waals surface area contributed by atoms with Crippen molar-refractivity contribution in [3.8, 4) is 17.2 Å². The normalized spacial score (nSPS) is 12.9. The molecule has 0 unspecified atom stereocenters. The first-order valence-electron chi connectivity index (χ1n) is 14.6. The van der Waals surface area contributed by atoms with Crippen molar-refractivity contribution in [2.45, 2.75) is 90.1 Å². The maximum absolute atomic E-state index is 13.5. The van der Waals surface area contributed by atoms with Gasteiger partial charge in [0.25, 0.3) is 5.91 Å². The zero-order chi connectivity index (χ0) is 33.6. The molecule has 1 N–H and O–H groups in total. The summed E-state index contributed by atoms with van der Waals surface area (Å²) in [5.41, 5.74) is 0.0817. The molecule has 0 spiro atoms. The zero-order valence-electron chi connectivity index (χ0n) is 28.0. The van der Waals surface area contributed by atoms with Crippen molar-refractivity contribution in [1.29, 1.82) is 0 Å². The molecule has 1 amide bonds. The molecule has 0 radical (unpaired) electrons. The SMILES string of the molecule is COOSc1ccc(Oc2cc(O[C@@H](C)CO[Si](C)(C)C(C)(C)C)cc(C(=O)Nc3cc(C)n(C(=O)OC(C)(C)C)n3)c2)cc1. The van der Waals surface area contributed by atoms with Crippen LogP contribution in [0.3, 0.4) is 0 Å². The number of aryl methyl sites for hydroxylation is 1. The lowest BCUT2D eigenvalue weighted by Crippen LogP contribution is -2.43. The average Bonchev–Trinajstić information content (AvgIpc) is 3.29. The van der Waals surface area contributed by atoms with E-state index >= 15 is 0 Å². The molecule has 3 aromatic rings. The number of hydrogen-bond acceptors (Lipinski definition) is 10. The fourth-order valence-corrected chi connectivity index (χ4v) is 5.10. The van der Waals surface area contributed by atoms with E-state index in [1.165, 1.54) is 7.11 Å². The van der Waals surface area contributed by atoms with Gasteiger partial charge in [-0.25, -0.2) is 9.68 Å². The number of anilines is 1. The van der Waals surface area contributed by atoms with Crippen LogP contribution >= 0.6 is 12.0 Å². The van der Waals surface area contributed by atoms with Gasteiger partial charge in [0.15, 0.2) is 14.1 Å². The van der Waals surface area contributed by atoms with Gasteiger partial charge < -0.3 is 24.0 Å². The summed E-state index contributed by atoms with van der Waals surface area (Å²) >= 11 is 1.07. The third kappa shape index (κ3) is 10.9. The van der Waals surface area contributed by atoms with Crippen molar-refractivity contribution in [3.63, 3.8) is 0 Å². The Hall–Kier alpha value is -3.36. The molecular weight excluding hydrogens is 615 g/mol. The number of ether oxygens (including phenoxy) is 3. The van der Waals surface area contributed by atoms with Gasteiger partial charge in [-0.05, 0) is 89.1 Å². The van der Waals surface area contributed by atoms with Gasteiger partial charge in [0.2, 0.25) is 0 Å². The summed E-state index contributed by atoms with van der Waals surface area (Å²) < 4.78 is 30.1. The Labute approximate surface area is 271 Å². The zero-order valence-corrected chi connectivity index (χ0v) is 29.8. The molecule has 0 bridgehead atoms. The summed E-state index contributed by atoms with van der Waals surface area (Å²) in [6.07, 6.45) is -0.937. The van der Waals surface area contributed by atoms with Crippen LogP contribution in [0.2, 0.25) is 18.1 Å². The molecule has 0 fully saturated rings. The van der Waals surface area contributed by atoms with Crippen LogP contribution < -0.4 is 14.8 Å². The number of aromatic nitrogens is 2. The molecule has 45 heavy (non-hydrogen) atoms. The molecule has 0 aliphatic heterocycles. The second kappa shape index (κ2) is 14.8. The molecule has 3 rings (SSSR count). The Morgan fingerprint density at radius 2 is 1.62 bits per heavy atom. The molecule has 0 aliphatic rings. The highest BCUT2D eigenvalue weighted by molar-refractivity contribution is 7.94. The summed E-state index contributed by atoms with van der Waals surface area (Å²) in [5, 5.41) is 7.05. The second-order valence-corrected chi connectivity index (χ2v) is 18.7. The fraction of sp³-hybridized carbons (Fsp3) is 0.469. The van der Waals surface area contributed by atoms with E-state index in [1.54, 1.807) is 64.1 Å². The maximum atomic E-state index is 13.5. The average molecular weight is 660 g/mol. The highest BCUT2D eigenvalue weighted by atomic mass is 32.2. The van der Waals surface area contributed by atoms with Crippen LogP contribution in [0.25, 0.3) is 0 Å². The molecule has 13 heteroatoms. The molecule has 0 saturated carbocycles. The van der Waals surface area contributed by atoms with Crippen LogP contribution in [0.5, 0.6) is 17.2 Å². The fourth-order valence-electron chi connectivity index (χ4n) is 3.62. The van der Waals surface area contributed by atoms with E-state index in [2.05, 4.69) is 49.2 Å². The number of hydrogen-bond donors (Lipinski definition) is 1. The minimum atomic E-state index is -1.99. The second-order valence-electron chi connectivity index (χ2n) is 13.1. The van der Waals surface area contributed by atoms with Gasteiger partial charge in [0, 0.05) is 28.3 Å². The Morgan fingerprint density at radius 1 is 0.978 bits per heavy atom. The minimum absolute atomic E-state index is 0.0598. The van der Waals surface area contributed by atoms with Gasteiger partial charge in [-0.3, -0.25) is 4.79 Å². The lowest BCUT2D eigenvalue weighted by molar-refractivity contribution is -0.160. The molecule has 0 aliphatic carbocycles. The van der Waals surface area contributed by atoms with Crippen LogP contribution in [0.15, 0.2) is 53.4 Å². The van der Waals surface area contributed by atoms with Gasteiger partial charge >= 0.3 is 6.09 Å². The van der Waals surface area contributed by atoms with E-state index in [4.69, 9.17) is 23.0 Å². The van der Waals surface area contributed by atoms with E-state index in [-0.39, 0.29) is 22.5 Å². The predicted octanol–water partition coefficient (Wildman–Crippen LogP) is 8.39. The Kier molecular flexibility index (Phi) is 11.9. The van der Waals surface area contributed by atoms with E-state index in [9.17, 15) is 9.59 Å². The summed E-state index contributed by atoms with van der Waals surface area (Å²) in [6.45, 7) is 20.3. The molecule has 1 heterocycles. The van der Waals surface area contributed by atoms with Gasteiger partial charge in [0.05, 0.1) is 25.8 Å². The summed E-state index contributed by atoms with van der Waals surface area (Å²) in [6, 6.07) is 13.7. The summed E-state index contributed by atoms with van der Waals surface area (Å²) in [5.74, 6) is 1.09. The maximum Gasteiger partial charge on any atom is 0.435 e. The third-order valence-electron chi connectivity index (χ3n) is 6.92. The van der Waals surface area contributed by atoms with E-state index in [0.717, 1.165) is 21.6 Å². The van der Waals surface area contributed by atoms with Crippen molar-refractivity contribution in [3.05, 3.63) is 59.8 Å². The first-order chi connectivity index (χ1) is 20.9. The highest BCUT2D eigenvalue weighted by Crippen LogP contribution is 2.37. The van der Waals surface area contributed by atoms with E-state index in [1.807, 2.05) is 19.1 Å². The van der Waals surface area contributed by atoms with Crippen LogP contribution in [-0.4, -0.2) is 55.5 Å². The number of nitrogens with one attached hydrogen (secondary N) is 1. The Morgan fingerprint density at radius 3 is 2.22 bits per heavy atom. The Bertz CT molecular complexity index is 1460.